The van der Waals surface area contributed by atoms with E-state index in [0.29, 0.717) is 15.1 Å². The molecular formula is C11H11BrF3NO2. The second kappa shape index (κ2) is 6.08. The van der Waals surface area contributed by atoms with Gasteiger partial charge in [-0.1, -0.05) is 12.1 Å². The Morgan fingerprint density at radius 2 is 2.00 bits per heavy atom. The Hall–Kier alpha value is -1.24. The first-order valence-corrected chi connectivity index (χ1v) is 5.77. The fourth-order valence-corrected chi connectivity index (χ4v) is 1.57. The van der Waals surface area contributed by atoms with E-state index >= 15 is 0 Å². The molecule has 0 aliphatic heterocycles. The Labute approximate surface area is 111 Å². The maximum Gasteiger partial charge on any atom is 0.406 e. The average Bonchev–Trinajstić information content (AvgIpc) is 2.25. The lowest BCUT2D eigenvalue weighted by Gasteiger charge is -2.19. The highest BCUT2D eigenvalue weighted by Gasteiger charge is 2.31. The number of halogens is 4. The van der Waals surface area contributed by atoms with Crippen molar-refractivity contribution in [2.75, 3.05) is 20.2 Å². The standard InChI is InChI=1S/C11H11BrF3NO2/c1-16(7-11(13,14)15)10(17)6-18-9-5-3-2-4-8(9)12/h2-5H,6-7H2,1H3. The third kappa shape index (κ3) is 4.95. The molecule has 0 bridgehead atoms. The van der Waals surface area contributed by atoms with E-state index in [4.69, 9.17) is 4.74 Å². The summed E-state index contributed by atoms with van der Waals surface area (Å²) in [5.41, 5.74) is 0. The SMILES string of the molecule is CN(CC(F)(F)F)C(=O)COc1ccccc1Br. The average molecular weight is 326 g/mol. The van der Waals surface area contributed by atoms with Crippen molar-refractivity contribution in [1.29, 1.82) is 0 Å². The second-order valence-electron chi connectivity index (χ2n) is 3.58. The van der Waals surface area contributed by atoms with Gasteiger partial charge < -0.3 is 9.64 Å². The van der Waals surface area contributed by atoms with Crippen molar-refractivity contribution in [3.8, 4) is 5.75 Å². The van der Waals surface area contributed by atoms with Crippen molar-refractivity contribution in [3.05, 3.63) is 28.7 Å². The summed E-state index contributed by atoms with van der Waals surface area (Å²) in [4.78, 5) is 12.0. The maximum atomic E-state index is 12.1. The minimum Gasteiger partial charge on any atom is -0.483 e. The number of hydrogen-bond donors (Lipinski definition) is 0. The summed E-state index contributed by atoms with van der Waals surface area (Å²) >= 11 is 3.20. The molecule has 1 amide bonds. The maximum absolute atomic E-state index is 12.1. The third-order valence-electron chi connectivity index (χ3n) is 2.03. The zero-order valence-corrected chi connectivity index (χ0v) is 11.1. The van der Waals surface area contributed by atoms with Crippen molar-refractivity contribution >= 4 is 21.8 Å². The molecule has 3 nitrogen and oxygen atoms in total. The number of rotatable bonds is 4. The van der Waals surface area contributed by atoms with Crippen LogP contribution in [-0.2, 0) is 4.79 Å². The lowest BCUT2D eigenvalue weighted by Crippen LogP contribution is -2.38. The van der Waals surface area contributed by atoms with Crippen LogP contribution in [0.2, 0.25) is 0 Å². The first-order chi connectivity index (χ1) is 8.29. The van der Waals surface area contributed by atoms with Gasteiger partial charge in [0.2, 0.25) is 0 Å². The van der Waals surface area contributed by atoms with E-state index in [9.17, 15) is 18.0 Å². The molecule has 0 aliphatic carbocycles. The molecule has 0 aromatic heterocycles. The van der Waals surface area contributed by atoms with Gasteiger partial charge in [0.05, 0.1) is 4.47 Å². The normalized spacial score (nSPS) is 11.2. The van der Waals surface area contributed by atoms with Crippen LogP contribution in [-0.4, -0.2) is 37.2 Å². The van der Waals surface area contributed by atoms with Crippen LogP contribution in [0.15, 0.2) is 28.7 Å². The monoisotopic (exact) mass is 325 g/mol. The first kappa shape index (κ1) is 14.8. The number of likely N-dealkylation sites (N-methyl/N-ethyl adjacent to an activating group) is 1. The fraction of sp³-hybridized carbons (Fsp3) is 0.364. The van der Waals surface area contributed by atoms with Gasteiger partial charge in [-0.15, -0.1) is 0 Å². The molecule has 0 radical (unpaired) electrons. The summed E-state index contributed by atoms with van der Waals surface area (Å²) in [7, 11) is 1.08. The van der Waals surface area contributed by atoms with E-state index in [0.717, 1.165) is 7.05 Å². The number of amides is 1. The Balaban J connectivity index is 2.49. The number of para-hydroxylation sites is 1. The Morgan fingerprint density at radius 3 is 2.56 bits per heavy atom. The van der Waals surface area contributed by atoms with E-state index in [1.54, 1.807) is 24.3 Å². The molecule has 0 unspecified atom stereocenters. The number of hydrogen-bond acceptors (Lipinski definition) is 2. The van der Waals surface area contributed by atoms with Crippen molar-refractivity contribution in [3.63, 3.8) is 0 Å². The number of alkyl halides is 3. The molecule has 1 rings (SSSR count). The number of ether oxygens (including phenoxy) is 1. The smallest absolute Gasteiger partial charge is 0.406 e. The molecule has 100 valence electrons. The van der Waals surface area contributed by atoms with Crippen LogP contribution < -0.4 is 4.74 Å². The minimum absolute atomic E-state index is 0.409. The highest BCUT2D eigenvalue weighted by Crippen LogP contribution is 2.23. The molecule has 0 aliphatic rings. The summed E-state index contributed by atoms with van der Waals surface area (Å²) in [6, 6.07) is 6.78. The van der Waals surface area contributed by atoms with Crippen molar-refractivity contribution in [2.45, 2.75) is 6.18 Å². The zero-order chi connectivity index (χ0) is 13.8. The van der Waals surface area contributed by atoms with Crippen LogP contribution in [0.4, 0.5) is 13.2 Å². The quantitative estimate of drug-likeness (QED) is 0.852. The van der Waals surface area contributed by atoms with Gasteiger partial charge in [0, 0.05) is 7.05 Å². The van der Waals surface area contributed by atoms with Crippen LogP contribution in [0.25, 0.3) is 0 Å². The molecular weight excluding hydrogens is 315 g/mol. The summed E-state index contributed by atoms with van der Waals surface area (Å²) in [6.07, 6.45) is -4.41. The second-order valence-corrected chi connectivity index (χ2v) is 4.44. The van der Waals surface area contributed by atoms with Gasteiger partial charge in [0.15, 0.2) is 6.61 Å². The van der Waals surface area contributed by atoms with Gasteiger partial charge in [-0.2, -0.15) is 13.2 Å². The largest absolute Gasteiger partial charge is 0.483 e. The molecule has 0 saturated carbocycles. The third-order valence-corrected chi connectivity index (χ3v) is 2.69. The highest BCUT2D eigenvalue weighted by atomic mass is 79.9. The van der Waals surface area contributed by atoms with E-state index < -0.39 is 25.2 Å². The molecule has 0 N–H and O–H groups in total. The van der Waals surface area contributed by atoms with Crippen molar-refractivity contribution in [2.24, 2.45) is 0 Å². The van der Waals surface area contributed by atoms with Gasteiger partial charge in [-0.3, -0.25) is 4.79 Å². The van der Waals surface area contributed by atoms with E-state index in [1.165, 1.54) is 0 Å². The van der Waals surface area contributed by atoms with Crippen molar-refractivity contribution < 1.29 is 22.7 Å². The molecule has 18 heavy (non-hydrogen) atoms. The van der Waals surface area contributed by atoms with Crippen molar-refractivity contribution in [1.82, 2.24) is 4.90 Å². The Bertz CT molecular complexity index is 423. The Morgan fingerprint density at radius 1 is 1.39 bits per heavy atom. The summed E-state index contributed by atoms with van der Waals surface area (Å²) in [6.45, 7) is -1.72. The topological polar surface area (TPSA) is 29.5 Å². The summed E-state index contributed by atoms with van der Waals surface area (Å²) in [5.74, 6) is -0.325. The Kier molecular flexibility index (Phi) is 5.01. The van der Waals surface area contributed by atoms with Crippen LogP contribution in [0.1, 0.15) is 0 Å². The van der Waals surface area contributed by atoms with Gasteiger partial charge >= 0.3 is 6.18 Å². The molecule has 0 atom stereocenters. The van der Waals surface area contributed by atoms with E-state index in [1.807, 2.05) is 0 Å². The van der Waals surface area contributed by atoms with E-state index in [-0.39, 0.29) is 0 Å². The molecule has 0 spiro atoms. The minimum atomic E-state index is -4.41. The molecule has 0 saturated heterocycles. The predicted octanol–water partition coefficient (Wildman–Crippen LogP) is 2.85. The first-order valence-electron chi connectivity index (χ1n) is 4.97. The zero-order valence-electron chi connectivity index (χ0n) is 9.50. The lowest BCUT2D eigenvalue weighted by molar-refractivity contribution is -0.159. The van der Waals surface area contributed by atoms with Gasteiger partial charge in [0.25, 0.3) is 5.91 Å². The molecule has 0 fully saturated rings. The molecule has 7 heteroatoms. The number of carbonyl (C=O) groups excluding carboxylic acids is 1. The molecule has 1 aromatic rings. The number of carbonyl (C=O) groups is 1. The summed E-state index contributed by atoms with van der Waals surface area (Å²) < 4.78 is 41.9. The highest BCUT2D eigenvalue weighted by molar-refractivity contribution is 9.10. The molecule has 1 aromatic carbocycles. The van der Waals surface area contributed by atoms with Crippen LogP contribution >= 0.6 is 15.9 Å². The fourth-order valence-electron chi connectivity index (χ4n) is 1.17. The van der Waals surface area contributed by atoms with Crippen LogP contribution in [0.5, 0.6) is 5.75 Å². The van der Waals surface area contributed by atoms with Gasteiger partial charge in [0.1, 0.15) is 12.3 Å². The van der Waals surface area contributed by atoms with Gasteiger partial charge in [-0.05, 0) is 28.1 Å². The molecule has 0 heterocycles. The predicted molar refractivity (Wildman–Crippen MR) is 63.3 cm³/mol. The summed E-state index contributed by atoms with van der Waals surface area (Å²) in [5, 5.41) is 0. The number of benzene rings is 1. The van der Waals surface area contributed by atoms with Gasteiger partial charge in [-0.25, -0.2) is 0 Å². The lowest BCUT2D eigenvalue weighted by atomic mass is 10.3. The number of nitrogens with zero attached hydrogens (tertiary/aromatic N) is 1. The van der Waals surface area contributed by atoms with Crippen LogP contribution in [0.3, 0.4) is 0 Å². The van der Waals surface area contributed by atoms with Crippen LogP contribution in [0, 0.1) is 0 Å². The van der Waals surface area contributed by atoms with E-state index in [2.05, 4.69) is 15.9 Å².